The number of hydrogen-bond acceptors (Lipinski definition) is 3. The molecule has 112 valence electrons. The van der Waals surface area contributed by atoms with Crippen molar-refractivity contribution < 1.29 is 18.3 Å². The average molecular weight is 292 g/mol. The van der Waals surface area contributed by atoms with E-state index in [1.807, 2.05) is 13.8 Å². The number of hydrogen-bond donors (Lipinski definition) is 2. The maximum Gasteiger partial charge on any atom is 0.321 e. The van der Waals surface area contributed by atoms with Gasteiger partial charge in [-0.05, 0) is 25.2 Å². The summed E-state index contributed by atoms with van der Waals surface area (Å²) < 4.78 is 28.0. The number of carbonyl (C=O) groups is 1. The van der Waals surface area contributed by atoms with Gasteiger partial charge in [-0.25, -0.2) is 0 Å². The summed E-state index contributed by atoms with van der Waals surface area (Å²) in [4.78, 5) is 11.1. The summed E-state index contributed by atoms with van der Waals surface area (Å²) >= 11 is 0. The van der Waals surface area contributed by atoms with Crippen molar-refractivity contribution in [2.24, 2.45) is 5.92 Å². The first-order valence-corrected chi connectivity index (χ1v) is 8.31. The molecule has 0 amide bonds. The number of nitrogens with one attached hydrogen (secondary N) is 1. The van der Waals surface area contributed by atoms with Crippen LogP contribution in [-0.4, -0.2) is 42.9 Å². The van der Waals surface area contributed by atoms with Crippen molar-refractivity contribution in [1.82, 2.24) is 9.03 Å². The van der Waals surface area contributed by atoms with Crippen LogP contribution in [0.5, 0.6) is 0 Å². The molecule has 0 radical (unpaired) electrons. The third-order valence-electron chi connectivity index (χ3n) is 3.40. The molecule has 0 spiro atoms. The molecule has 19 heavy (non-hydrogen) atoms. The third-order valence-corrected chi connectivity index (χ3v) is 4.99. The molecule has 1 heterocycles. The highest BCUT2D eigenvalue weighted by Gasteiger charge is 2.31. The van der Waals surface area contributed by atoms with Gasteiger partial charge in [-0.3, -0.25) is 4.79 Å². The largest absolute Gasteiger partial charge is 0.480 e. The fraction of sp³-hybridized carbons (Fsp3) is 0.917. The van der Waals surface area contributed by atoms with Crippen molar-refractivity contribution in [3.05, 3.63) is 0 Å². The first-order chi connectivity index (χ1) is 8.86. The molecule has 0 bridgehead atoms. The molecule has 2 N–H and O–H groups in total. The highest BCUT2D eigenvalue weighted by atomic mass is 32.2. The molecule has 0 aliphatic carbocycles. The molecule has 2 unspecified atom stereocenters. The van der Waals surface area contributed by atoms with Crippen LogP contribution >= 0.6 is 0 Å². The summed E-state index contributed by atoms with van der Waals surface area (Å²) in [7, 11) is -3.69. The zero-order valence-electron chi connectivity index (χ0n) is 11.6. The Morgan fingerprint density at radius 1 is 1.53 bits per heavy atom. The second-order valence-corrected chi connectivity index (χ2v) is 6.96. The van der Waals surface area contributed by atoms with Gasteiger partial charge in [-0.1, -0.05) is 26.7 Å². The van der Waals surface area contributed by atoms with Crippen molar-refractivity contribution >= 4 is 16.2 Å². The van der Waals surface area contributed by atoms with E-state index in [9.17, 15) is 13.2 Å². The molecule has 7 heteroatoms. The predicted octanol–water partition coefficient (Wildman–Crippen LogP) is 1.20. The molecule has 0 saturated carbocycles. The first-order valence-electron chi connectivity index (χ1n) is 6.87. The monoisotopic (exact) mass is 292 g/mol. The van der Waals surface area contributed by atoms with Gasteiger partial charge >= 0.3 is 5.97 Å². The second-order valence-electron chi connectivity index (χ2n) is 5.26. The van der Waals surface area contributed by atoms with Crippen LogP contribution in [0.1, 0.15) is 46.0 Å². The van der Waals surface area contributed by atoms with Crippen LogP contribution in [0.25, 0.3) is 0 Å². The zero-order chi connectivity index (χ0) is 14.5. The molecule has 0 aromatic heterocycles. The molecule has 1 saturated heterocycles. The molecule has 1 aliphatic rings. The Kier molecular flexibility index (Phi) is 6.22. The van der Waals surface area contributed by atoms with E-state index < -0.39 is 22.2 Å². The molecule has 6 nitrogen and oxygen atoms in total. The van der Waals surface area contributed by atoms with Crippen molar-refractivity contribution in [1.29, 1.82) is 0 Å². The maximum atomic E-state index is 12.2. The minimum Gasteiger partial charge on any atom is -0.480 e. The van der Waals surface area contributed by atoms with E-state index in [0.717, 1.165) is 19.3 Å². The van der Waals surface area contributed by atoms with Crippen LogP contribution in [0.15, 0.2) is 0 Å². The van der Waals surface area contributed by atoms with Gasteiger partial charge in [-0.15, -0.1) is 0 Å². The number of nitrogens with zero attached hydrogens (tertiary/aromatic N) is 1. The fourth-order valence-corrected chi connectivity index (χ4v) is 3.81. The first kappa shape index (κ1) is 16.4. The van der Waals surface area contributed by atoms with E-state index in [-0.39, 0.29) is 0 Å². The average Bonchev–Trinajstić information content (AvgIpc) is 2.34. The lowest BCUT2D eigenvalue weighted by Gasteiger charge is -2.31. The van der Waals surface area contributed by atoms with E-state index in [0.29, 0.717) is 31.8 Å². The minimum absolute atomic E-state index is 0.323. The topological polar surface area (TPSA) is 86.7 Å². The van der Waals surface area contributed by atoms with E-state index in [2.05, 4.69) is 4.72 Å². The fourth-order valence-electron chi connectivity index (χ4n) is 2.26. The van der Waals surface area contributed by atoms with Gasteiger partial charge in [0.05, 0.1) is 0 Å². The number of carboxylic acids is 1. The summed E-state index contributed by atoms with van der Waals surface area (Å²) in [6.45, 7) is 4.89. The van der Waals surface area contributed by atoms with E-state index >= 15 is 0 Å². The molecular formula is C12H24N2O4S. The van der Waals surface area contributed by atoms with E-state index in [4.69, 9.17) is 5.11 Å². The highest BCUT2D eigenvalue weighted by Crippen LogP contribution is 2.18. The molecule has 1 rings (SSSR count). The number of piperidine rings is 1. The van der Waals surface area contributed by atoms with Gasteiger partial charge in [0.1, 0.15) is 6.04 Å². The summed E-state index contributed by atoms with van der Waals surface area (Å²) in [5, 5.41) is 9.07. The lowest BCUT2D eigenvalue weighted by Crippen LogP contribution is -2.50. The number of rotatable bonds is 7. The summed E-state index contributed by atoms with van der Waals surface area (Å²) in [5.41, 5.74) is 0. The minimum atomic E-state index is -3.69. The summed E-state index contributed by atoms with van der Waals surface area (Å²) in [5.74, 6) is -0.786. The molecular weight excluding hydrogens is 268 g/mol. The van der Waals surface area contributed by atoms with E-state index in [1.165, 1.54) is 4.31 Å². The van der Waals surface area contributed by atoms with Gasteiger partial charge in [0.25, 0.3) is 10.2 Å². The van der Waals surface area contributed by atoms with Crippen LogP contribution in [0.3, 0.4) is 0 Å². The highest BCUT2D eigenvalue weighted by molar-refractivity contribution is 7.87. The Hall–Kier alpha value is -0.660. The third kappa shape index (κ3) is 5.08. The Labute approximate surface area is 115 Å². The molecule has 0 aromatic rings. The predicted molar refractivity (Wildman–Crippen MR) is 73.0 cm³/mol. The maximum absolute atomic E-state index is 12.2. The van der Waals surface area contributed by atoms with Gasteiger partial charge in [0.2, 0.25) is 0 Å². The Balaban J connectivity index is 2.67. The van der Waals surface area contributed by atoms with Crippen LogP contribution in [-0.2, 0) is 15.0 Å². The lowest BCUT2D eigenvalue weighted by atomic mass is 10.0. The molecule has 0 aromatic carbocycles. The molecule has 1 aliphatic heterocycles. The zero-order valence-corrected chi connectivity index (χ0v) is 12.4. The Morgan fingerprint density at radius 3 is 2.74 bits per heavy atom. The smallest absolute Gasteiger partial charge is 0.321 e. The van der Waals surface area contributed by atoms with Gasteiger partial charge in [-0.2, -0.15) is 17.4 Å². The van der Waals surface area contributed by atoms with E-state index in [1.54, 1.807) is 0 Å². The molecule has 1 fully saturated rings. The van der Waals surface area contributed by atoms with Gasteiger partial charge < -0.3 is 5.11 Å². The van der Waals surface area contributed by atoms with Crippen molar-refractivity contribution in [3.8, 4) is 0 Å². The van der Waals surface area contributed by atoms with Crippen LogP contribution in [0.2, 0.25) is 0 Å². The molecule has 2 atom stereocenters. The number of carboxylic acid groups (broad SMARTS) is 1. The Bertz CT molecular complexity index is 397. The van der Waals surface area contributed by atoms with Crippen LogP contribution in [0.4, 0.5) is 0 Å². The normalized spacial score (nSPS) is 23.2. The number of unbranched alkanes of at least 4 members (excludes halogenated alkanes) is 1. The summed E-state index contributed by atoms with van der Waals surface area (Å²) in [6, 6.07) is -1.03. The Morgan fingerprint density at radius 2 is 2.21 bits per heavy atom. The summed E-state index contributed by atoms with van der Waals surface area (Å²) in [6.07, 6.45) is 3.70. The lowest BCUT2D eigenvalue weighted by molar-refractivity contribution is -0.139. The number of aliphatic carboxylic acids is 1. The van der Waals surface area contributed by atoms with Crippen LogP contribution in [0, 0.1) is 5.92 Å². The standard InChI is InChI=1S/C12H24N2O4S/c1-3-4-7-11(12(15)16)13-19(17,18)14-8-5-6-10(2)9-14/h10-11,13H,3-9H2,1-2H3,(H,15,16). The quantitative estimate of drug-likeness (QED) is 0.738. The van der Waals surface area contributed by atoms with Crippen molar-refractivity contribution in [2.45, 2.75) is 52.0 Å². The second kappa shape index (κ2) is 7.21. The van der Waals surface area contributed by atoms with Gasteiger partial charge in [0, 0.05) is 13.1 Å². The van der Waals surface area contributed by atoms with Gasteiger partial charge in [0.15, 0.2) is 0 Å². The SMILES string of the molecule is CCCCC(NS(=O)(=O)N1CCCC(C)C1)C(=O)O. The van der Waals surface area contributed by atoms with Crippen LogP contribution < -0.4 is 4.72 Å². The van der Waals surface area contributed by atoms with Crippen molar-refractivity contribution in [3.63, 3.8) is 0 Å². The van der Waals surface area contributed by atoms with Crippen molar-refractivity contribution in [2.75, 3.05) is 13.1 Å².